The van der Waals surface area contributed by atoms with Gasteiger partial charge in [-0.25, -0.2) is 0 Å². The third-order valence-electron chi connectivity index (χ3n) is 1.63. The van der Waals surface area contributed by atoms with Crippen LogP contribution in [-0.4, -0.2) is 33.0 Å². The Balaban J connectivity index is -0.000000379. The van der Waals surface area contributed by atoms with Crippen molar-refractivity contribution in [2.24, 2.45) is 0 Å². The average Bonchev–Trinajstić information content (AvgIpc) is 2.29. The quantitative estimate of drug-likeness (QED) is 0.415. The Labute approximate surface area is 147 Å². The summed E-state index contributed by atoms with van der Waals surface area (Å²) in [4.78, 5) is 11.5. The Morgan fingerprint density at radius 2 is 1.68 bits per heavy atom. The molecular weight excluding hydrogens is 503 g/mol. The van der Waals surface area contributed by atoms with Gasteiger partial charge in [-0.3, -0.25) is 9.00 Å². The van der Waals surface area contributed by atoms with Gasteiger partial charge >= 0.3 is 21.1 Å². The summed E-state index contributed by atoms with van der Waals surface area (Å²) < 4.78 is 10.3. The first-order chi connectivity index (χ1) is 7.97. The van der Waals surface area contributed by atoms with Gasteiger partial charge in [0.15, 0.2) is 5.78 Å². The van der Waals surface area contributed by atoms with Gasteiger partial charge in [0.25, 0.3) is 0 Å². The Morgan fingerprint density at radius 1 is 1.26 bits per heavy atom. The van der Waals surface area contributed by atoms with E-state index in [4.69, 9.17) is 12.2 Å². The fraction of sp³-hybridized carbons (Fsp3) is 0.333. The largest absolute Gasteiger partial charge is 2.00 e. The number of halogens is 1. The van der Waals surface area contributed by atoms with Crippen LogP contribution in [0.1, 0.15) is 16.8 Å². The number of carbonyl (C=O) groups is 1. The number of rotatable bonds is 3. The molecule has 0 spiro atoms. The number of thioether (sulfide) groups is 1. The van der Waals surface area contributed by atoms with Gasteiger partial charge in [0.1, 0.15) is 0 Å². The van der Waals surface area contributed by atoms with E-state index < -0.39 is 10.8 Å². The first-order valence-electron chi connectivity index (χ1n) is 4.87. The standard InChI is InChI=1S/C10H10OS2.C2H6OS.ClH.Pt/c1-13-10(12)7-9(11)8-5-3-2-4-6-8;1-4(2)3;;/h2-6H,7H2,1H3;1-2H3;1H;/q;;;+2/p-1. The van der Waals surface area contributed by atoms with E-state index >= 15 is 0 Å². The van der Waals surface area contributed by atoms with E-state index in [1.807, 2.05) is 36.6 Å². The van der Waals surface area contributed by atoms with Crippen molar-refractivity contribution in [2.45, 2.75) is 6.42 Å². The van der Waals surface area contributed by atoms with Crippen LogP contribution in [0.15, 0.2) is 30.3 Å². The second kappa shape index (κ2) is 14.9. The van der Waals surface area contributed by atoms with Crippen LogP contribution in [0.2, 0.25) is 0 Å². The van der Waals surface area contributed by atoms with Crippen LogP contribution < -0.4 is 12.4 Å². The predicted octanol–water partition coefficient (Wildman–Crippen LogP) is -0.0540. The third kappa shape index (κ3) is 14.7. The van der Waals surface area contributed by atoms with Gasteiger partial charge in [-0.15, -0.1) is 11.8 Å². The summed E-state index contributed by atoms with van der Waals surface area (Å²) in [5, 5.41) is 0. The molecular formula is C12H16ClO2PtS3+. The monoisotopic (exact) mass is 518 g/mol. The molecule has 0 aliphatic carbocycles. The molecule has 7 heteroatoms. The van der Waals surface area contributed by atoms with Crippen molar-refractivity contribution < 1.29 is 42.5 Å². The van der Waals surface area contributed by atoms with E-state index in [2.05, 4.69) is 0 Å². The van der Waals surface area contributed by atoms with E-state index in [1.54, 1.807) is 12.5 Å². The summed E-state index contributed by atoms with van der Waals surface area (Å²) in [7, 11) is -0.611. The van der Waals surface area contributed by atoms with Gasteiger partial charge in [-0.05, 0) is 6.26 Å². The van der Waals surface area contributed by atoms with Crippen molar-refractivity contribution in [1.29, 1.82) is 0 Å². The number of benzene rings is 1. The van der Waals surface area contributed by atoms with Crippen LogP contribution in [0.25, 0.3) is 0 Å². The third-order valence-corrected chi connectivity index (χ3v) is 2.87. The number of hydrogen-bond acceptors (Lipinski definition) is 4. The number of Topliss-reactive ketones (excluding diaryl/α,β-unsaturated/α-hetero) is 1. The normalized spacial score (nSPS) is 8.42. The van der Waals surface area contributed by atoms with Crippen LogP contribution in [0.4, 0.5) is 0 Å². The molecule has 0 bridgehead atoms. The molecule has 0 radical (unpaired) electrons. The Morgan fingerprint density at radius 3 is 2.05 bits per heavy atom. The van der Waals surface area contributed by atoms with E-state index in [-0.39, 0.29) is 39.3 Å². The Kier molecular flexibility index (Phi) is 19.1. The maximum Gasteiger partial charge on any atom is 2.00 e. The number of hydrogen-bond donors (Lipinski definition) is 0. The predicted molar refractivity (Wildman–Crippen MR) is 81.5 cm³/mol. The molecule has 0 fully saturated rings. The molecule has 2 nitrogen and oxygen atoms in total. The summed E-state index contributed by atoms with van der Waals surface area (Å²) in [6, 6.07) is 9.23. The van der Waals surface area contributed by atoms with Gasteiger partial charge in [0.05, 0.1) is 10.6 Å². The first kappa shape index (κ1) is 24.5. The molecule has 0 aromatic heterocycles. The zero-order chi connectivity index (χ0) is 13.3. The summed E-state index contributed by atoms with van der Waals surface area (Å²) in [6.45, 7) is 0. The second-order valence-electron chi connectivity index (χ2n) is 3.28. The summed E-state index contributed by atoms with van der Waals surface area (Å²) in [5.74, 6) is 0.0972. The van der Waals surface area contributed by atoms with E-state index in [9.17, 15) is 9.00 Å². The molecule has 0 aliphatic rings. The second-order valence-corrected chi connectivity index (χ2v) is 6.42. The number of carbonyl (C=O) groups excluding carboxylic acids is 1. The topological polar surface area (TPSA) is 34.1 Å². The number of ketones is 1. The fourth-order valence-corrected chi connectivity index (χ4v) is 1.34. The zero-order valence-corrected chi connectivity index (χ0v) is 16.3. The Bertz CT molecular complexity index is 395. The van der Waals surface area contributed by atoms with Gasteiger partial charge < -0.3 is 12.4 Å². The van der Waals surface area contributed by atoms with Crippen molar-refractivity contribution in [3.8, 4) is 0 Å². The molecule has 0 unspecified atom stereocenters. The van der Waals surface area contributed by atoms with Gasteiger partial charge in [0, 0.05) is 28.9 Å². The fourth-order valence-electron chi connectivity index (χ4n) is 0.929. The minimum Gasteiger partial charge on any atom is -1.00 e. The van der Waals surface area contributed by atoms with Crippen molar-refractivity contribution in [1.82, 2.24) is 0 Å². The van der Waals surface area contributed by atoms with Gasteiger partial charge in [-0.1, -0.05) is 42.5 Å². The molecule has 0 heterocycles. The van der Waals surface area contributed by atoms with Crippen molar-refractivity contribution in [3.05, 3.63) is 35.9 Å². The molecule has 19 heavy (non-hydrogen) atoms. The first-order valence-corrected chi connectivity index (χ1v) is 8.47. The smallest absolute Gasteiger partial charge is 1.00 e. The van der Waals surface area contributed by atoms with Crippen molar-refractivity contribution in [2.75, 3.05) is 18.8 Å². The maximum atomic E-state index is 11.5. The minimum atomic E-state index is -0.611. The molecule has 0 amide bonds. The molecule has 110 valence electrons. The molecule has 0 aliphatic heterocycles. The maximum absolute atomic E-state index is 11.5. The van der Waals surface area contributed by atoms with Crippen molar-refractivity contribution >= 4 is 44.8 Å². The zero-order valence-electron chi connectivity index (χ0n) is 10.8. The molecule has 0 N–H and O–H groups in total. The molecule has 0 saturated heterocycles. The molecule has 1 rings (SSSR count). The van der Waals surface area contributed by atoms with Gasteiger partial charge in [0.2, 0.25) is 0 Å². The summed E-state index contributed by atoms with van der Waals surface area (Å²) in [6.07, 6.45) is 5.53. The van der Waals surface area contributed by atoms with E-state index in [0.717, 1.165) is 9.76 Å². The van der Waals surface area contributed by atoms with Crippen LogP contribution in [0.3, 0.4) is 0 Å². The molecule has 0 saturated carbocycles. The average molecular weight is 519 g/mol. The van der Waals surface area contributed by atoms with E-state index in [0.29, 0.717) is 6.42 Å². The SMILES string of the molecule is CS(C)=O.CSC(=S)CC(=O)c1ccccc1.[Cl-].[Pt+2]. The molecule has 0 atom stereocenters. The van der Waals surface area contributed by atoms with E-state index in [1.165, 1.54) is 11.8 Å². The molecule has 1 aromatic carbocycles. The minimum absolute atomic E-state index is 0. The molecule has 1 aromatic rings. The number of thiocarbonyl (C=S) groups is 1. The Hall–Kier alpha value is 0.458. The summed E-state index contributed by atoms with van der Waals surface area (Å²) in [5.41, 5.74) is 0.735. The van der Waals surface area contributed by atoms with Crippen LogP contribution in [0, 0.1) is 0 Å². The van der Waals surface area contributed by atoms with Crippen LogP contribution in [-0.2, 0) is 31.9 Å². The van der Waals surface area contributed by atoms with Crippen LogP contribution >= 0.6 is 24.0 Å². The van der Waals surface area contributed by atoms with Crippen molar-refractivity contribution in [3.63, 3.8) is 0 Å². The van der Waals surface area contributed by atoms with Crippen LogP contribution in [0.5, 0.6) is 0 Å². The summed E-state index contributed by atoms with van der Waals surface area (Å²) >= 11 is 6.43. The van der Waals surface area contributed by atoms with Gasteiger partial charge in [-0.2, -0.15) is 0 Å².